The first-order valence-corrected chi connectivity index (χ1v) is 7.22. The van der Waals surface area contributed by atoms with Crippen LogP contribution in [0.3, 0.4) is 0 Å². The van der Waals surface area contributed by atoms with E-state index in [-0.39, 0.29) is 0 Å². The maximum Gasteiger partial charge on any atom is -0.0401 e. The highest BCUT2D eigenvalue weighted by molar-refractivity contribution is 5.19. The van der Waals surface area contributed by atoms with Gasteiger partial charge in [-0.1, -0.05) is 77.8 Å². The predicted molar refractivity (Wildman–Crippen MR) is 100 cm³/mol. The molecule has 0 aliphatic heterocycles. The van der Waals surface area contributed by atoms with Gasteiger partial charge in [0.05, 0.1) is 0 Å². The standard InChI is InChI=1S/C6H10.C4H8.C3H8.2C2H6.C2H4/c1-5(2)6(3)4;1-4(2)3;1-3-2;3*1-2/h1,3H2,2,4H3;1H2,2-3H3;3H2,1-2H3;2*1-2H3;1-2H2. The van der Waals surface area contributed by atoms with Crippen LogP contribution in [0.4, 0.5) is 0 Å². The second-order valence-corrected chi connectivity index (χ2v) is 3.47. The number of allylic oxidation sites excluding steroid dienone is 3. The van der Waals surface area contributed by atoms with Crippen molar-refractivity contribution in [3.63, 3.8) is 0 Å². The summed E-state index contributed by atoms with van der Waals surface area (Å²) in [5.74, 6) is 0. The van der Waals surface area contributed by atoms with E-state index in [0.29, 0.717) is 0 Å². The summed E-state index contributed by atoms with van der Waals surface area (Å²) in [4.78, 5) is 0. The molecule has 0 radical (unpaired) electrons. The highest BCUT2D eigenvalue weighted by Crippen LogP contribution is 1.98. The SMILES string of the molecule is C=C.C=C(C)C.C=C(C)C(=C)C.CC.CC.CCC. The summed E-state index contributed by atoms with van der Waals surface area (Å²) < 4.78 is 0. The van der Waals surface area contributed by atoms with Crippen molar-refractivity contribution < 1.29 is 0 Å². The molecular formula is C19H42. The maximum absolute atomic E-state index is 3.66. The van der Waals surface area contributed by atoms with Gasteiger partial charge in [0.25, 0.3) is 0 Å². The van der Waals surface area contributed by atoms with Crippen LogP contribution < -0.4 is 0 Å². The lowest BCUT2D eigenvalue weighted by Gasteiger charge is -1.88. The van der Waals surface area contributed by atoms with Crippen LogP contribution in [0.15, 0.2) is 49.6 Å². The van der Waals surface area contributed by atoms with Crippen molar-refractivity contribution in [1.82, 2.24) is 0 Å². The Kier molecular flexibility index (Phi) is 102. The summed E-state index contributed by atoms with van der Waals surface area (Å²) in [6.07, 6.45) is 1.25. The van der Waals surface area contributed by atoms with Crippen LogP contribution in [0.2, 0.25) is 0 Å². The van der Waals surface area contributed by atoms with Gasteiger partial charge in [-0.2, -0.15) is 0 Å². The molecule has 0 fully saturated rings. The molecule has 0 N–H and O–H groups in total. The van der Waals surface area contributed by atoms with Crippen LogP contribution in [-0.2, 0) is 0 Å². The molecule has 0 atom stereocenters. The van der Waals surface area contributed by atoms with E-state index in [2.05, 4.69) is 46.7 Å². The Morgan fingerprint density at radius 2 is 0.684 bits per heavy atom. The molecule has 19 heavy (non-hydrogen) atoms. The van der Waals surface area contributed by atoms with Crippen molar-refractivity contribution in [2.45, 2.75) is 75.7 Å². The first-order valence-electron chi connectivity index (χ1n) is 7.22. The van der Waals surface area contributed by atoms with E-state index in [4.69, 9.17) is 0 Å². The molecule has 0 saturated carbocycles. The van der Waals surface area contributed by atoms with Gasteiger partial charge in [0.2, 0.25) is 0 Å². The van der Waals surface area contributed by atoms with E-state index < -0.39 is 0 Å². The summed E-state index contributed by atoms with van der Waals surface area (Å²) in [6.45, 7) is 37.0. The number of rotatable bonds is 1. The monoisotopic (exact) mass is 270 g/mol. The van der Waals surface area contributed by atoms with Gasteiger partial charge in [0, 0.05) is 0 Å². The van der Waals surface area contributed by atoms with E-state index >= 15 is 0 Å². The first kappa shape index (κ1) is 36.1. The van der Waals surface area contributed by atoms with E-state index in [1.54, 1.807) is 0 Å². The van der Waals surface area contributed by atoms with Crippen molar-refractivity contribution in [1.29, 1.82) is 0 Å². The molecule has 118 valence electrons. The van der Waals surface area contributed by atoms with Gasteiger partial charge in [0.1, 0.15) is 0 Å². The Morgan fingerprint density at radius 3 is 0.684 bits per heavy atom. The lowest BCUT2D eigenvalue weighted by molar-refractivity contribution is 1.09. The summed E-state index contributed by atoms with van der Waals surface area (Å²) in [6, 6.07) is 0. The van der Waals surface area contributed by atoms with Gasteiger partial charge in [-0.3, -0.25) is 0 Å². The Morgan fingerprint density at radius 1 is 0.632 bits per heavy atom. The Hall–Kier alpha value is -1.04. The minimum absolute atomic E-state index is 1.06. The smallest absolute Gasteiger partial charge is 0.0401 e. The van der Waals surface area contributed by atoms with E-state index in [1.165, 1.54) is 12.0 Å². The molecule has 0 nitrogen and oxygen atoms in total. The summed E-state index contributed by atoms with van der Waals surface area (Å²) in [5.41, 5.74) is 3.30. The maximum atomic E-state index is 3.66. The minimum atomic E-state index is 1.06. The van der Waals surface area contributed by atoms with Crippen LogP contribution >= 0.6 is 0 Å². The van der Waals surface area contributed by atoms with Crippen molar-refractivity contribution in [3.05, 3.63) is 49.6 Å². The van der Waals surface area contributed by atoms with Crippen LogP contribution in [-0.4, -0.2) is 0 Å². The summed E-state index contributed by atoms with van der Waals surface area (Å²) >= 11 is 0. The molecule has 0 aromatic carbocycles. The molecule has 0 heterocycles. The highest BCUT2D eigenvalue weighted by Gasteiger charge is 1.77. The zero-order valence-corrected chi connectivity index (χ0v) is 15.7. The van der Waals surface area contributed by atoms with Crippen molar-refractivity contribution in [2.24, 2.45) is 0 Å². The molecule has 0 heteroatoms. The van der Waals surface area contributed by atoms with E-state index in [0.717, 1.165) is 11.1 Å². The third-order valence-corrected chi connectivity index (χ3v) is 0.729. The first-order chi connectivity index (χ1) is 8.79. The van der Waals surface area contributed by atoms with E-state index in [1.807, 2.05) is 55.4 Å². The molecular weight excluding hydrogens is 228 g/mol. The molecule has 0 spiro atoms. The van der Waals surface area contributed by atoms with Crippen LogP contribution in [0.1, 0.15) is 75.7 Å². The third kappa shape index (κ3) is 433. The molecule has 0 aromatic heterocycles. The molecule has 0 amide bonds. The summed E-state index contributed by atoms with van der Waals surface area (Å²) in [5, 5.41) is 0. The van der Waals surface area contributed by atoms with Crippen LogP contribution in [0.5, 0.6) is 0 Å². The molecule has 0 bridgehead atoms. The lowest BCUT2D eigenvalue weighted by atomic mass is 10.2. The quantitative estimate of drug-likeness (QED) is 0.334. The average Bonchev–Trinajstić information content (AvgIpc) is 2.37. The predicted octanol–water partition coefficient (Wildman–Crippen LogP) is 7.99. The van der Waals surface area contributed by atoms with Gasteiger partial charge in [0.15, 0.2) is 0 Å². The van der Waals surface area contributed by atoms with Crippen molar-refractivity contribution in [3.8, 4) is 0 Å². The molecule has 0 unspecified atom stereocenters. The molecule has 0 aliphatic rings. The molecule has 0 saturated heterocycles. The fourth-order valence-corrected chi connectivity index (χ4v) is 0. The number of hydrogen-bond acceptors (Lipinski definition) is 0. The minimum Gasteiger partial charge on any atom is -0.106 e. The van der Waals surface area contributed by atoms with Crippen molar-refractivity contribution in [2.75, 3.05) is 0 Å². The second kappa shape index (κ2) is 53.8. The van der Waals surface area contributed by atoms with Crippen LogP contribution in [0, 0.1) is 0 Å². The number of hydrogen-bond donors (Lipinski definition) is 0. The fraction of sp³-hybridized carbons (Fsp3) is 0.579. The normalized spacial score (nSPS) is 5.58. The van der Waals surface area contributed by atoms with Gasteiger partial charge in [-0.05, 0) is 27.7 Å². The molecule has 0 aromatic rings. The van der Waals surface area contributed by atoms with Crippen molar-refractivity contribution >= 4 is 0 Å². The average molecular weight is 271 g/mol. The Labute approximate surface area is 126 Å². The topological polar surface area (TPSA) is 0 Å². The van der Waals surface area contributed by atoms with E-state index in [9.17, 15) is 0 Å². The second-order valence-electron chi connectivity index (χ2n) is 3.47. The van der Waals surface area contributed by atoms with Crippen LogP contribution in [0.25, 0.3) is 0 Å². The van der Waals surface area contributed by atoms with Gasteiger partial charge in [-0.15, -0.1) is 19.7 Å². The highest BCUT2D eigenvalue weighted by atomic mass is 13.8. The van der Waals surface area contributed by atoms with Gasteiger partial charge in [-0.25, -0.2) is 0 Å². The fourth-order valence-electron chi connectivity index (χ4n) is 0. The Bertz CT molecular complexity index is 145. The Balaban J connectivity index is -0.0000000288. The molecule has 0 rings (SSSR count). The zero-order chi connectivity index (χ0) is 17.4. The van der Waals surface area contributed by atoms with Gasteiger partial charge < -0.3 is 0 Å². The zero-order valence-electron chi connectivity index (χ0n) is 15.7. The largest absolute Gasteiger partial charge is 0.106 e. The molecule has 0 aliphatic carbocycles. The third-order valence-electron chi connectivity index (χ3n) is 0.729. The lowest BCUT2D eigenvalue weighted by Crippen LogP contribution is -1.67. The van der Waals surface area contributed by atoms with Gasteiger partial charge >= 0.3 is 0 Å². The summed E-state index contributed by atoms with van der Waals surface area (Å²) in [7, 11) is 0.